The van der Waals surface area contributed by atoms with Gasteiger partial charge < -0.3 is 15.7 Å². The van der Waals surface area contributed by atoms with Gasteiger partial charge in [0.1, 0.15) is 5.70 Å². The van der Waals surface area contributed by atoms with Crippen molar-refractivity contribution in [1.82, 2.24) is 4.90 Å². The summed E-state index contributed by atoms with van der Waals surface area (Å²) in [5.74, 6) is -1.27. The average Bonchev–Trinajstić information content (AvgIpc) is 2.91. The minimum Gasteiger partial charge on any atom is -0.395 e. The predicted molar refractivity (Wildman–Crippen MR) is 101 cm³/mol. The molecule has 138 valence electrons. The number of benzene rings is 2. The highest BCUT2D eigenvalue weighted by Gasteiger charge is 2.30. The summed E-state index contributed by atoms with van der Waals surface area (Å²) in [6, 6.07) is 14.1. The number of aryl methyl sites for hydroxylation is 1. The van der Waals surface area contributed by atoms with Gasteiger partial charge in [-0.3, -0.25) is 19.3 Å². The zero-order valence-corrected chi connectivity index (χ0v) is 14.7. The summed E-state index contributed by atoms with van der Waals surface area (Å²) >= 11 is 0. The van der Waals surface area contributed by atoms with Crippen LogP contribution in [0.3, 0.4) is 0 Å². The molecule has 3 N–H and O–H groups in total. The number of hydrogen-bond donors (Lipinski definition) is 3. The third kappa shape index (κ3) is 4.04. The Bertz CT molecular complexity index is 936. The van der Waals surface area contributed by atoms with Gasteiger partial charge in [-0.2, -0.15) is 0 Å². The first kappa shape index (κ1) is 18.3. The third-order valence-electron chi connectivity index (χ3n) is 4.13. The molecule has 1 aliphatic rings. The van der Waals surface area contributed by atoms with Gasteiger partial charge in [0.2, 0.25) is 0 Å². The molecule has 0 radical (unpaired) electrons. The minimum absolute atomic E-state index is 0.0573. The Labute approximate surface area is 156 Å². The van der Waals surface area contributed by atoms with Crippen LogP contribution in [-0.4, -0.2) is 40.9 Å². The zero-order valence-electron chi connectivity index (χ0n) is 14.7. The number of carbonyl (C=O) groups excluding carboxylic acids is 3. The lowest BCUT2D eigenvalue weighted by molar-refractivity contribution is -0.137. The molecule has 0 bridgehead atoms. The van der Waals surface area contributed by atoms with Crippen molar-refractivity contribution in [2.75, 3.05) is 23.8 Å². The van der Waals surface area contributed by atoms with Gasteiger partial charge in [0.05, 0.1) is 13.2 Å². The number of rotatable bonds is 6. The number of nitrogens with zero attached hydrogens (tertiary/aromatic N) is 1. The average molecular weight is 365 g/mol. The number of imide groups is 1. The maximum absolute atomic E-state index is 12.5. The summed E-state index contributed by atoms with van der Waals surface area (Å²) in [6.45, 7) is 1.55. The summed E-state index contributed by atoms with van der Waals surface area (Å²) in [5, 5.41) is 14.7. The van der Waals surface area contributed by atoms with E-state index in [0.717, 1.165) is 16.2 Å². The second-order valence-corrected chi connectivity index (χ2v) is 6.05. The molecule has 7 nitrogen and oxygen atoms in total. The topological polar surface area (TPSA) is 98.7 Å². The molecule has 2 aromatic carbocycles. The van der Waals surface area contributed by atoms with Crippen LogP contribution in [0.25, 0.3) is 0 Å². The predicted octanol–water partition coefficient (Wildman–Crippen LogP) is 1.90. The Kier molecular flexibility index (Phi) is 5.33. The number of carbonyl (C=O) groups is 3. The van der Waals surface area contributed by atoms with Gasteiger partial charge in [-0.25, -0.2) is 0 Å². The highest BCUT2D eigenvalue weighted by atomic mass is 16.3. The van der Waals surface area contributed by atoms with Gasteiger partial charge in [0.25, 0.3) is 17.7 Å². The SMILES string of the molecule is Cc1ccccc1NC(=O)c1cccc(NC2=CC(=O)N(CCO)C2=O)c1. The molecule has 0 atom stereocenters. The van der Waals surface area contributed by atoms with Gasteiger partial charge in [-0.1, -0.05) is 24.3 Å². The third-order valence-corrected chi connectivity index (χ3v) is 4.13. The molecule has 7 heteroatoms. The second kappa shape index (κ2) is 7.84. The van der Waals surface area contributed by atoms with Crippen molar-refractivity contribution < 1.29 is 19.5 Å². The van der Waals surface area contributed by atoms with Crippen LogP contribution in [0.1, 0.15) is 15.9 Å². The van der Waals surface area contributed by atoms with Crippen LogP contribution in [0, 0.1) is 6.92 Å². The number of anilines is 2. The quantitative estimate of drug-likeness (QED) is 0.679. The monoisotopic (exact) mass is 365 g/mol. The highest BCUT2D eigenvalue weighted by Crippen LogP contribution is 2.20. The van der Waals surface area contributed by atoms with Crippen molar-refractivity contribution in [2.24, 2.45) is 0 Å². The van der Waals surface area contributed by atoms with Crippen molar-refractivity contribution in [3.05, 3.63) is 71.4 Å². The number of nitrogens with one attached hydrogen (secondary N) is 2. The van der Waals surface area contributed by atoms with Crippen LogP contribution in [0.2, 0.25) is 0 Å². The Hall–Kier alpha value is -3.45. The van der Waals surface area contributed by atoms with E-state index in [9.17, 15) is 14.4 Å². The number of amides is 3. The summed E-state index contributed by atoms with van der Waals surface area (Å²) < 4.78 is 0. The van der Waals surface area contributed by atoms with E-state index in [1.807, 2.05) is 31.2 Å². The number of para-hydroxylation sites is 1. The van der Waals surface area contributed by atoms with Crippen LogP contribution in [0.15, 0.2) is 60.3 Å². The Balaban J connectivity index is 1.74. The van der Waals surface area contributed by atoms with E-state index in [4.69, 9.17) is 5.11 Å². The van der Waals surface area contributed by atoms with E-state index in [-0.39, 0.29) is 24.8 Å². The first-order valence-corrected chi connectivity index (χ1v) is 8.42. The molecule has 0 fully saturated rings. The molecule has 3 amide bonds. The lowest BCUT2D eigenvalue weighted by atomic mass is 10.1. The maximum atomic E-state index is 12.5. The molecule has 3 rings (SSSR count). The normalized spacial score (nSPS) is 13.6. The van der Waals surface area contributed by atoms with Crippen molar-refractivity contribution in [3.63, 3.8) is 0 Å². The van der Waals surface area contributed by atoms with Crippen LogP contribution >= 0.6 is 0 Å². The Morgan fingerprint density at radius 2 is 1.89 bits per heavy atom. The molecule has 0 saturated carbocycles. The lowest BCUT2D eigenvalue weighted by Crippen LogP contribution is -2.34. The smallest absolute Gasteiger partial charge is 0.277 e. The summed E-state index contributed by atoms with van der Waals surface area (Å²) in [5.41, 5.74) is 2.69. The molecule has 0 aromatic heterocycles. The number of hydrogen-bond acceptors (Lipinski definition) is 5. The molecule has 27 heavy (non-hydrogen) atoms. The van der Waals surface area contributed by atoms with Gasteiger partial charge >= 0.3 is 0 Å². The fraction of sp³-hybridized carbons (Fsp3) is 0.150. The molecule has 0 saturated heterocycles. The highest BCUT2D eigenvalue weighted by molar-refractivity contribution is 6.17. The molecule has 0 spiro atoms. The van der Waals surface area contributed by atoms with E-state index >= 15 is 0 Å². The fourth-order valence-corrected chi connectivity index (χ4v) is 2.71. The van der Waals surface area contributed by atoms with E-state index in [2.05, 4.69) is 10.6 Å². The Morgan fingerprint density at radius 3 is 2.63 bits per heavy atom. The summed E-state index contributed by atoms with van der Waals surface area (Å²) in [4.78, 5) is 37.4. The van der Waals surface area contributed by atoms with Gasteiger partial charge in [0, 0.05) is 23.0 Å². The zero-order chi connectivity index (χ0) is 19.4. The maximum Gasteiger partial charge on any atom is 0.277 e. The Morgan fingerprint density at radius 1 is 1.11 bits per heavy atom. The van der Waals surface area contributed by atoms with Crippen LogP contribution in [0.5, 0.6) is 0 Å². The van der Waals surface area contributed by atoms with Crippen LogP contribution in [0.4, 0.5) is 11.4 Å². The van der Waals surface area contributed by atoms with Gasteiger partial charge in [-0.15, -0.1) is 0 Å². The van der Waals surface area contributed by atoms with E-state index in [0.29, 0.717) is 11.3 Å². The molecule has 1 aliphatic heterocycles. The first-order valence-electron chi connectivity index (χ1n) is 8.42. The minimum atomic E-state index is -0.510. The van der Waals surface area contributed by atoms with Crippen molar-refractivity contribution in [3.8, 4) is 0 Å². The fourth-order valence-electron chi connectivity index (χ4n) is 2.71. The van der Waals surface area contributed by atoms with E-state index in [1.54, 1.807) is 24.3 Å². The lowest BCUT2D eigenvalue weighted by Gasteiger charge is -2.14. The van der Waals surface area contributed by atoms with E-state index in [1.165, 1.54) is 6.08 Å². The first-order chi connectivity index (χ1) is 13.0. The van der Waals surface area contributed by atoms with Crippen LogP contribution in [-0.2, 0) is 9.59 Å². The van der Waals surface area contributed by atoms with Gasteiger partial charge in [-0.05, 0) is 36.8 Å². The van der Waals surface area contributed by atoms with Crippen molar-refractivity contribution in [2.45, 2.75) is 6.92 Å². The summed E-state index contributed by atoms with van der Waals surface area (Å²) in [6.07, 6.45) is 1.18. The molecule has 0 aliphatic carbocycles. The van der Waals surface area contributed by atoms with E-state index < -0.39 is 11.8 Å². The molecule has 0 unspecified atom stereocenters. The summed E-state index contributed by atoms with van der Waals surface area (Å²) in [7, 11) is 0. The number of aliphatic hydroxyl groups excluding tert-OH is 1. The standard InChI is InChI=1S/C20H19N3O4/c1-13-5-2-3-8-16(13)22-19(26)14-6-4-7-15(11-14)21-17-12-18(25)23(9-10-24)20(17)27/h2-8,11-12,21,24H,9-10H2,1H3,(H,22,26). The van der Waals surface area contributed by atoms with Gasteiger partial charge in [0.15, 0.2) is 0 Å². The number of aliphatic hydroxyl groups is 1. The van der Waals surface area contributed by atoms with Crippen molar-refractivity contribution >= 4 is 29.1 Å². The molecule has 1 heterocycles. The van der Waals surface area contributed by atoms with Crippen molar-refractivity contribution in [1.29, 1.82) is 0 Å². The second-order valence-electron chi connectivity index (χ2n) is 6.05. The largest absolute Gasteiger partial charge is 0.395 e. The number of β-amino-alcohol motifs (C(OH)–C–C–N with tert-alkyl or cyclic N) is 1. The molecular formula is C20H19N3O4. The van der Waals surface area contributed by atoms with Crippen LogP contribution < -0.4 is 10.6 Å². The molecule has 2 aromatic rings. The molecular weight excluding hydrogens is 346 g/mol.